The van der Waals surface area contributed by atoms with Crippen LogP contribution in [0.15, 0.2) is 52.0 Å². The summed E-state index contributed by atoms with van der Waals surface area (Å²) in [5.41, 5.74) is 2.00. The van der Waals surface area contributed by atoms with Crippen LogP contribution in [-0.2, 0) is 6.54 Å². The van der Waals surface area contributed by atoms with Crippen molar-refractivity contribution < 1.29 is 8.22 Å². The first-order chi connectivity index (χ1) is 17.0. The number of aryl methyl sites for hydroxylation is 2. The maximum atomic E-state index is 12.6. The van der Waals surface area contributed by atoms with Crippen molar-refractivity contribution in [3.05, 3.63) is 68.9 Å². The molecule has 4 aromatic rings. The van der Waals surface area contributed by atoms with E-state index >= 15 is 0 Å². The van der Waals surface area contributed by atoms with Crippen LogP contribution < -0.4 is 11.4 Å². The van der Waals surface area contributed by atoms with Gasteiger partial charge in [-0.25, -0.2) is 9.59 Å². The third-order valence-electron chi connectivity index (χ3n) is 5.79. The van der Waals surface area contributed by atoms with Gasteiger partial charge in [-0.3, -0.25) is 9.13 Å². The van der Waals surface area contributed by atoms with Crippen LogP contribution in [-0.4, -0.2) is 43.6 Å². The highest BCUT2D eigenvalue weighted by Crippen LogP contribution is 2.25. The molecular formula is C23H27N5O2. The lowest BCUT2D eigenvalue weighted by atomic mass is 10.0. The van der Waals surface area contributed by atoms with E-state index in [0.29, 0.717) is 25.9 Å². The maximum absolute atomic E-state index is 12.6. The van der Waals surface area contributed by atoms with Gasteiger partial charge in [0.1, 0.15) is 0 Å². The number of nitrogens with zero attached hydrogens (tertiary/aromatic N) is 3. The third kappa shape index (κ3) is 3.39. The van der Waals surface area contributed by atoms with Crippen LogP contribution in [0.25, 0.3) is 22.1 Å². The van der Waals surface area contributed by atoms with Gasteiger partial charge in [0.15, 0.2) is 0 Å². The van der Waals surface area contributed by atoms with E-state index in [1.165, 1.54) is 4.57 Å². The van der Waals surface area contributed by atoms with Crippen molar-refractivity contribution in [2.75, 3.05) is 19.6 Å². The average molecular weight is 412 g/mol. The Kier molecular flexibility index (Phi) is 3.39. The molecule has 2 aromatic heterocycles. The maximum Gasteiger partial charge on any atom is 0.326 e. The fourth-order valence-corrected chi connectivity index (χ4v) is 4.30. The molecule has 7 nitrogen and oxygen atoms in total. The van der Waals surface area contributed by atoms with Crippen molar-refractivity contribution in [3.63, 3.8) is 0 Å². The van der Waals surface area contributed by atoms with E-state index in [4.69, 9.17) is 8.22 Å². The van der Waals surface area contributed by atoms with Crippen molar-refractivity contribution in [2.45, 2.75) is 38.8 Å². The number of piperidine rings is 1. The van der Waals surface area contributed by atoms with Crippen LogP contribution in [0, 0.1) is 6.92 Å². The quantitative estimate of drug-likeness (QED) is 0.530. The minimum Gasteiger partial charge on any atom is -0.306 e. The van der Waals surface area contributed by atoms with Gasteiger partial charge in [-0.2, -0.15) is 0 Å². The number of fused-ring (bicyclic) bond motifs is 2. The second-order valence-corrected chi connectivity index (χ2v) is 7.75. The zero-order valence-electron chi connectivity index (χ0n) is 22.7. The van der Waals surface area contributed by atoms with Crippen molar-refractivity contribution in [1.82, 2.24) is 24.0 Å². The molecule has 7 heteroatoms. The van der Waals surface area contributed by atoms with Gasteiger partial charge in [0, 0.05) is 28.4 Å². The first kappa shape index (κ1) is 13.3. The predicted octanol–water partition coefficient (Wildman–Crippen LogP) is 3.01. The van der Waals surface area contributed by atoms with Gasteiger partial charge in [0.05, 0.1) is 27.5 Å². The molecule has 30 heavy (non-hydrogen) atoms. The van der Waals surface area contributed by atoms with Gasteiger partial charge in [-0.1, -0.05) is 18.2 Å². The Labute approximate surface area is 182 Å². The standard InChI is InChI=1S/C23H27N5O2/c1-16-7-8-21-19(15-16)25-23(30)28(21)17-9-13-26(14-10-17)11-4-12-27-20-6-3-2-5-18(20)24-22(27)29/h2-3,5-8,15,17H,4,9-14H2,1H3,(H,24,29)(H,25,30)/i2D,3D,5D,6D,11D2. The van der Waals surface area contributed by atoms with E-state index in [9.17, 15) is 9.59 Å². The number of hydrogen-bond donors (Lipinski definition) is 2. The first-order valence-electron chi connectivity index (χ1n) is 13.1. The Hall–Kier alpha value is -3.06. The Morgan fingerprint density at radius 2 is 1.83 bits per heavy atom. The molecule has 3 heterocycles. The molecule has 0 unspecified atom stereocenters. The lowest BCUT2D eigenvalue weighted by molar-refractivity contribution is 0.183. The Morgan fingerprint density at radius 1 is 1.07 bits per heavy atom. The molecule has 5 rings (SSSR count). The van der Waals surface area contributed by atoms with E-state index in [2.05, 4.69) is 9.97 Å². The molecule has 0 atom stereocenters. The van der Waals surface area contributed by atoms with Crippen molar-refractivity contribution in [3.8, 4) is 0 Å². The fraction of sp³-hybridized carbons (Fsp3) is 0.391. The van der Waals surface area contributed by atoms with Gasteiger partial charge in [-0.05, 0) is 62.5 Å². The number of nitrogens with one attached hydrogen (secondary N) is 2. The number of imidazole rings is 2. The van der Waals surface area contributed by atoms with Gasteiger partial charge in [0.2, 0.25) is 0 Å². The van der Waals surface area contributed by atoms with E-state index in [0.717, 1.165) is 16.6 Å². The lowest BCUT2D eigenvalue weighted by Gasteiger charge is -2.32. The highest BCUT2D eigenvalue weighted by atomic mass is 16.1. The van der Waals surface area contributed by atoms with Gasteiger partial charge >= 0.3 is 11.4 Å². The highest BCUT2D eigenvalue weighted by Gasteiger charge is 2.23. The topological polar surface area (TPSA) is 78.8 Å². The summed E-state index contributed by atoms with van der Waals surface area (Å²) in [4.78, 5) is 32.3. The van der Waals surface area contributed by atoms with Crippen LogP contribution in [0.4, 0.5) is 0 Å². The molecule has 1 fully saturated rings. The van der Waals surface area contributed by atoms with Gasteiger partial charge in [0.25, 0.3) is 0 Å². The van der Waals surface area contributed by atoms with E-state index in [1.807, 2.05) is 25.1 Å². The minimum absolute atomic E-state index is 0.0201. The number of hydrogen-bond acceptors (Lipinski definition) is 3. The molecule has 0 saturated carbocycles. The lowest BCUT2D eigenvalue weighted by Crippen LogP contribution is -2.37. The van der Waals surface area contributed by atoms with E-state index in [-0.39, 0.29) is 47.8 Å². The molecule has 0 aliphatic carbocycles. The van der Waals surface area contributed by atoms with E-state index < -0.39 is 24.3 Å². The molecule has 1 aliphatic rings. The second kappa shape index (κ2) is 7.65. The molecule has 2 N–H and O–H groups in total. The van der Waals surface area contributed by atoms with Crippen molar-refractivity contribution in [1.29, 1.82) is 0 Å². The molecule has 0 amide bonds. The molecule has 0 bridgehead atoms. The van der Waals surface area contributed by atoms with E-state index in [1.54, 1.807) is 9.47 Å². The summed E-state index contributed by atoms with van der Waals surface area (Å²) >= 11 is 0. The Bertz CT molecular complexity index is 1590. The largest absolute Gasteiger partial charge is 0.326 e. The second-order valence-electron chi connectivity index (χ2n) is 7.75. The summed E-state index contributed by atoms with van der Waals surface area (Å²) in [5.74, 6) is 0. The number of H-pyrrole nitrogens is 2. The van der Waals surface area contributed by atoms with Crippen molar-refractivity contribution >= 4 is 22.1 Å². The van der Waals surface area contributed by atoms with Crippen LogP contribution in [0.1, 0.15) is 39.1 Å². The summed E-state index contributed by atoms with van der Waals surface area (Å²) in [7, 11) is 0. The number of aromatic nitrogens is 4. The van der Waals surface area contributed by atoms with Crippen LogP contribution >= 0.6 is 0 Å². The third-order valence-corrected chi connectivity index (χ3v) is 5.79. The number of aromatic amines is 2. The van der Waals surface area contributed by atoms with Gasteiger partial charge < -0.3 is 14.9 Å². The van der Waals surface area contributed by atoms with Crippen molar-refractivity contribution in [2.24, 2.45) is 0 Å². The summed E-state index contributed by atoms with van der Waals surface area (Å²) in [6, 6.07) is 4.27. The summed E-state index contributed by atoms with van der Waals surface area (Å²) in [6.45, 7) is 1.04. The Morgan fingerprint density at radius 3 is 2.67 bits per heavy atom. The monoisotopic (exact) mass is 411 g/mol. The molecule has 2 aromatic carbocycles. The SMILES string of the molecule is [2H]c1c([2H])c([2H])c2c([nH]c(=O)n2CCC([2H])([2H])N2CCC(n3c(=O)[nH]c4cc(C)ccc43)CC2)c1[2H]. The number of benzene rings is 2. The highest BCUT2D eigenvalue weighted by molar-refractivity contribution is 5.76. The average Bonchev–Trinajstić information content (AvgIpc) is 3.35. The van der Waals surface area contributed by atoms with Crippen LogP contribution in [0.5, 0.6) is 0 Å². The summed E-state index contributed by atoms with van der Waals surface area (Å²) in [6.07, 6.45) is 1.15. The summed E-state index contributed by atoms with van der Waals surface area (Å²) in [5, 5.41) is 0. The molecule has 1 saturated heterocycles. The molecule has 0 radical (unpaired) electrons. The number of rotatable bonds is 5. The molecular weight excluding hydrogens is 378 g/mol. The molecule has 0 spiro atoms. The predicted molar refractivity (Wildman–Crippen MR) is 119 cm³/mol. The normalized spacial score (nSPS) is 19.4. The summed E-state index contributed by atoms with van der Waals surface area (Å²) < 4.78 is 52.2. The smallest absolute Gasteiger partial charge is 0.306 e. The van der Waals surface area contributed by atoms with Crippen LogP contribution in [0.3, 0.4) is 0 Å². The number of likely N-dealkylation sites (tertiary alicyclic amines) is 1. The molecule has 1 aliphatic heterocycles. The minimum atomic E-state index is -1.75. The molecule has 156 valence electrons. The Balaban J connectivity index is 1.32. The van der Waals surface area contributed by atoms with Gasteiger partial charge in [-0.15, -0.1) is 0 Å². The zero-order chi connectivity index (χ0) is 25.9. The first-order valence-corrected chi connectivity index (χ1v) is 10.1. The fourth-order valence-electron chi connectivity index (χ4n) is 4.30. The number of para-hydroxylation sites is 2. The van der Waals surface area contributed by atoms with Crippen LogP contribution in [0.2, 0.25) is 0 Å². The zero-order valence-corrected chi connectivity index (χ0v) is 16.7.